The Bertz CT molecular complexity index is 326. The van der Waals surface area contributed by atoms with Gasteiger partial charge in [0, 0.05) is 39.1 Å². The van der Waals surface area contributed by atoms with Crippen molar-refractivity contribution in [2.75, 3.05) is 39.3 Å². The van der Waals surface area contributed by atoms with E-state index in [4.69, 9.17) is 0 Å². The number of urea groups is 1. The van der Waals surface area contributed by atoms with E-state index in [-0.39, 0.29) is 31.2 Å². The fraction of sp³-hybridized carbons (Fsp3) is 0.800. The highest BCUT2D eigenvalue weighted by molar-refractivity contribution is 5.94. The van der Waals surface area contributed by atoms with Crippen LogP contribution in [0.5, 0.6) is 0 Å². The fourth-order valence-corrected chi connectivity index (χ4v) is 1.61. The SMILES string of the molecule is Cl.Cl.O=C(CCN1CCNCC1)NC(=O)NCC(F)(F)F. The average molecular weight is 355 g/mol. The lowest BCUT2D eigenvalue weighted by Gasteiger charge is -2.26. The molecule has 0 aromatic heterocycles. The highest BCUT2D eigenvalue weighted by Gasteiger charge is 2.27. The zero-order chi connectivity index (χ0) is 14.3. The number of amides is 3. The number of carbonyl (C=O) groups excluding carboxylic acids is 2. The van der Waals surface area contributed by atoms with E-state index in [0.717, 1.165) is 26.2 Å². The number of carbonyl (C=O) groups is 2. The third-order valence-electron chi connectivity index (χ3n) is 2.57. The summed E-state index contributed by atoms with van der Waals surface area (Å²) in [5, 5.41) is 6.59. The molecule has 1 aliphatic rings. The second-order valence-corrected chi connectivity index (χ2v) is 4.19. The number of halogens is 5. The predicted molar refractivity (Wildman–Crippen MR) is 76.0 cm³/mol. The van der Waals surface area contributed by atoms with E-state index >= 15 is 0 Å². The van der Waals surface area contributed by atoms with Gasteiger partial charge >= 0.3 is 12.2 Å². The Morgan fingerprint density at radius 1 is 1.14 bits per heavy atom. The molecule has 1 saturated heterocycles. The van der Waals surface area contributed by atoms with Crippen molar-refractivity contribution < 1.29 is 22.8 Å². The number of piperazine rings is 1. The molecule has 0 unspecified atom stereocenters. The molecule has 1 rings (SSSR count). The van der Waals surface area contributed by atoms with Crippen molar-refractivity contribution in [3.8, 4) is 0 Å². The number of alkyl halides is 3. The summed E-state index contributed by atoms with van der Waals surface area (Å²) < 4.78 is 35.4. The minimum atomic E-state index is -4.48. The number of hydrogen-bond donors (Lipinski definition) is 3. The Kier molecular flexibility index (Phi) is 11.7. The van der Waals surface area contributed by atoms with Gasteiger partial charge in [-0.3, -0.25) is 10.1 Å². The monoisotopic (exact) mass is 354 g/mol. The quantitative estimate of drug-likeness (QED) is 0.687. The van der Waals surface area contributed by atoms with E-state index in [1.807, 2.05) is 10.2 Å². The molecule has 0 saturated carbocycles. The van der Waals surface area contributed by atoms with E-state index in [2.05, 4.69) is 5.32 Å². The van der Waals surface area contributed by atoms with Crippen LogP contribution in [-0.4, -0.2) is 62.3 Å². The first-order valence-corrected chi connectivity index (χ1v) is 5.94. The van der Waals surface area contributed by atoms with Crippen LogP contribution >= 0.6 is 24.8 Å². The maximum absolute atomic E-state index is 11.8. The van der Waals surface area contributed by atoms with Crippen molar-refractivity contribution in [2.45, 2.75) is 12.6 Å². The second kappa shape index (κ2) is 10.9. The van der Waals surface area contributed by atoms with Crippen LogP contribution in [0.3, 0.4) is 0 Å². The molecule has 0 atom stereocenters. The summed E-state index contributed by atoms with van der Waals surface area (Å²) in [7, 11) is 0. The number of imide groups is 1. The minimum Gasteiger partial charge on any atom is -0.329 e. The van der Waals surface area contributed by atoms with Gasteiger partial charge in [0.05, 0.1) is 0 Å². The number of rotatable bonds is 4. The first kappa shape index (κ1) is 22.5. The molecule has 0 aromatic rings. The molecule has 0 aliphatic carbocycles. The zero-order valence-corrected chi connectivity index (χ0v) is 12.8. The third-order valence-corrected chi connectivity index (χ3v) is 2.57. The van der Waals surface area contributed by atoms with E-state index < -0.39 is 24.7 Å². The molecule has 0 spiro atoms. The number of nitrogens with zero attached hydrogens (tertiary/aromatic N) is 1. The summed E-state index contributed by atoms with van der Waals surface area (Å²) in [4.78, 5) is 24.4. The van der Waals surface area contributed by atoms with Gasteiger partial charge in [0.2, 0.25) is 5.91 Å². The lowest BCUT2D eigenvalue weighted by Crippen LogP contribution is -2.46. The summed E-state index contributed by atoms with van der Waals surface area (Å²) in [6.07, 6.45) is -4.40. The molecule has 11 heteroatoms. The molecule has 1 heterocycles. The minimum absolute atomic E-state index is 0. The Balaban J connectivity index is 0. The molecule has 0 aromatic carbocycles. The van der Waals surface area contributed by atoms with Gasteiger partial charge in [0.25, 0.3) is 0 Å². The van der Waals surface area contributed by atoms with Crippen molar-refractivity contribution in [3.63, 3.8) is 0 Å². The van der Waals surface area contributed by atoms with Crippen LogP contribution in [0.15, 0.2) is 0 Å². The van der Waals surface area contributed by atoms with Gasteiger partial charge in [-0.05, 0) is 0 Å². The van der Waals surface area contributed by atoms with Gasteiger partial charge in [-0.15, -0.1) is 24.8 Å². The smallest absolute Gasteiger partial charge is 0.329 e. The summed E-state index contributed by atoms with van der Waals surface area (Å²) >= 11 is 0. The number of hydrogen-bond acceptors (Lipinski definition) is 4. The van der Waals surface area contributed by atoms with Crippen LogP contribution < -0.4 is 16.0 Å². The van der Waals surface area contributed by atoms with Crippen molar-refractivity contribution in [2.24, 2.45) is 0 Å². The van der Waals surface area contributed by atoms with Crippen molar-refractivity contribution in [3.05, 3.63) is 0 Å². The van der Waals surface area contributed by atoms with Gasteiger partial charge in [0.15, 0.2) is 0 Å². The Morgan fingerprint density at radius 3 is 2.24 bits per heavy atom. The van der Waals surface area contributed by atoms with Gasteiger partial charge < -0.3 is 15.5 Å². The van der Waals surface area contributed by atoms with Crippen molar-refractivity contribution >= 4 is 36.8 Å². The van der Waals surface area contributed by atoms with E-state index in [1.54, 1.807) is 5.32 Å². The summed E-state index contributed by atoms with van der Waals surface area (Å²) in [6, 6.07) is -1.12. The van der Waals surface area contributed by atoms with Crippen LogP contribution in [0.2, 0.25) is 0 Å². The first-order valence-electron chi connectivity index (χ1n) is 5.94. The van der Waals surface area contributed by atoms with Crippen molar-refractivity contribution in [1.29, 1.82) is 0 Å². The van der Waals surface area contributed by atoms with Crippen LogP contribution in [-0.2, 0) is 4.79 Å². The molecule has 0 bridgehead atoms. The summed E-state index contributed by atoms with van der Waals surface area (Å²) in [6.45, 7) is 2.34. The van der Waals surface area contributed by atoms with Crippen LogP contribution in [0, 0.1) is 0 Å². The highest BCUT2D eigenvalue weighted by atomic mass is 35.5. The van der Waals surface area contributed by atoms with Gasteiger partial charge in [0.1, 0.15) is 6.54 Å². The highest BCUT2D eigenvalue weighted by Crippen LogP contribution is 2.11. The molecule has 6 nitrogen and oxygen atoms in total. The third kappa shape index (κ3) is 11.6. The zero-order valence-electron chi connectivity index (χ0n) is 11.2. The molecule has 21 heavy (non-hydrogen) atoms. The molecular weight excluding hydrogens is 336 g/mol. The van der Waals surface area contributed by atoms with Crippen molar-refractivity contribution in [1.82, 2.24) is 20.9 Å². The Morgan fingerprint density at radius 2 is 1.71 bits per heavy atom. The maximum Gasteiger partial charge on any atom is 0.405 e. The largest absolute Gasteiger partial charge is 0.405 e. The van der Waals surface area contributed by atoms with Crippen LogP contribution in [0.4, 0.5) is 18.0 Å². The molecule has 1 fully saturated rings. The Labute approximate surface area is 133 Å². The molecule has 126 valence electrons. The van der Waals surface area contributed by atoms with E-state index in [1.165, 1.54) is 0 Å². The fourth-order valence-electron chi connectivity index (χ4n) is 1.61. The lowest BCUT2D eigenvalue weighted by atomic mass is 10.3. The average Bonchev–Trinajstić information content (AvgIpc) is 2.34. The molecule has 3 N–H and O–H groups in total. The van der Waals surface area contributed by atoms with E-state index in [0.29, 0.717) is 6.54 Å². The lowest BCUT2D eigenvalue weighted by molar-refractivity contribution is -0.124. The molecular formula is C10H19Cl2F3N4O2. The normalized spacial score (nSPS) is 15.4. The first-order chi connectivity index (χ1) is 8.87. The van der Waals surface area contributed by atoms with Crippen LogP contribution in [0.1, 0.15) is 6.42 Å². The maximum atomic E-state index is 11.8. The Hall–Kier alpha value is -0.770. The van der Waals surface area contributed by atoms with Gasteiger partial charge in [-0.2, -0.15) is 13.2 Å². The topological polar surface area (TPSA) is 73.5 Å². The van der Waals surface area contributed by atoms with Gasteiger partial charge in [-0.1, -0.05) is 0 Å². The van der Waals surface area contributed by atoms with E-state index in [9.17, 15) is 22.8 Å². The molecule has 0 radical (unpaired) electrons. The van der Waals surface area contributed by atoms with Crippen LogP contribution in [0.25, 0.3) is 0 Å². The summed E-state index contributed by atoms with van der Waals surface area (Å²) in [5.74, 6) is -0.585. The summed E-state index contributed by atoms with van der Waals surface area (Å²) in [5.41, 5.74) is 0. The second-order valence-electron chi connectivity index (χ2n) is 4.19. The number of nitrogens with one attached hydrogen (secondary N) is 3. The standard InChI is InChI=1S/C10H17F3N4O2.2ClH/c11-10(12,13)7-15-9(19)16-8(18)1-4-17-5-2-14-3-6-17;;/h14H,1-7H2,(H2,15,16,18,19);2*1H. The molecule has 1 aliphatic heterocycles. The molecule has 3 amide bonds. The van der Waals surface area contributed by atoms with Gasteiger partial charge in [-0.25, -0.2) is 4.79 Å². The predicted octanol–water partition coefficient (Wildman–Crippen LogP) is 0.513.